The molecule has 1 aliphatic heterocycles. The van der Waals surface area contributed by atoms with Crippen LogP contribution in [0.4, 0.5) is 0 Å². The van der Waals surface area contributed by atoms with Crippen LogP contribution in [-0.4, -0.2) is 28.2 Å². The molecule has 0 amide bonds. The van der Waals surface area contributed by atoms with Gasteiger partial charge in [0.1, 0.15) is 24.2 Å². The average molecular weight is 383 g/mol. The van der Waals surface area contributed by atoms with Crippen LogP contribution in [0.2, 0.25) is 5.02 Å². The van der Waals surface area contributed by atoms with Crippen molar-refractivity contribution < 1.29 is 22.1 Å². The number of ether oxygens (including phenoxy) is 2. The number of hydrogen-bond donors (Lipinski definition) is 0. The molecule has 0 saturated carbocycles. The predicted molar refractivity (Wildman–Crippen MR) is 95.1 cm³/mol. The van der Waals surface area contributed by atoms with Gasteiger partial charge >= 0.3 is 0 Å². The van der Waals surface area contributed by atoms with Crippen molar-refractivity contribution in [3.05, 3.63) is 52.5 Å². The second-order valence-electron chi connectivity index (χ2n) is 5.92. The molecule has 7 heteroatoms. The van der Waals surface area contributed by atoms with Crippen LogP contribution in [0.3, 0.4) is 0 Å². The third-order valence-electron chi connectivity index (χ3n) is 4.08. The summed E-state index contributed by atoms with van der Waals surface area (Å²) in [4.78, 5) is 0.141. The lowest BCUT2D eigenvalue weighted by molar-refractivity contribution is 0.112. The highest BCUT2D eigenvalue weighted by molar-refractivity contribution is 7.86. The molecular formula is C18H19ClO5S. The Kier molecular flexibility index (Phi) is 5.22. The lowest BCUT2D eigenvalue weighted by atomic mass is 10.0. The van der Waals surface area contributed by atoms with Crippen molar-refractivity contribution in [2.75, 3.05) is 13.7 Å². The first-order valence-electron chi connectivity index (χ1n) is 7.88. The van der Waals surface area contributed by atoms with Gasteiger partial charge in [0.05, 0.1) is 17.0 Å². The maximum Gasteiger partial charge on any atom is 0.297 e. The summed E-state index contributed by atoms with van der Waals surface area (Å²) >= 11 is 6.11. The first-order chi connectivity index (χ1) is 11.9. The van der Waals surface area contributed by atoms with Gasteiger partial charge in [-0.2, -0.15) is 8.42 Å². The molecule has 0 saturated heterocycles. The van der Waals surface area contributed by atoms with Crippen molar-refractivity contribution in [2.45, 2.75) is 30.8 Å². The Bertz CT molecular complexity index is 862. The number of hydrogen-bond acceptors (Lipinski definition) is 5. The van der Waals surface area contributed by atoms with Gasteiger partial charge in [-0.15, -0.1) is 0 Å². The van der Waals surface area contributed by atoms with Crippen molar-refractivity contribution in [1.29, 1.82) is 0 Å². The van der Waals surface area contributed by atoms with E-state index < -0.39 is 10.1 Å². The summed E-state index contributed by atoms with van der Waals surface area (Å²) in [6.45, 7) is 1.85. The molecule has 0 fully saturated rings. The standard InChI is InChI=1S/C18H19ClO5S/c1-12-3-7-15(8-4-12)25(20,21)23-11-14-6-5-13-9-16(19)18(22-2)10-17(13)24-14/h3-4,7-10,14H,5-6,11H2,1-2H3. The Labute approximate surface area is 152 Å². The molecular weight excluding hydrogens is 364 g/mol. The van der Waals surface area contributed by atoms with Gasteiger partial charge in [0.15, 0.2) is 0 Å². The molecule has 0 aliphatic carbocycles. The van der Waals surface area contributed by atoms with Crippen LogP contribution >= 0.6 is 11.6 Å². The van der Waals surface area contributed by atoms with Gasteiger partial charge in [0, 0.05) is 6.07 Å². The van der Waals surface area contributed by atoms with Crippen molar-refractivity contribution >= 4 is 21.7 Å². The molecule has 1 aliphatic rings. The molecule has 134 valence electrons. The number of halogens is 1. The van der Waals surface area contributed by atoms with E-state index in [1.807, 2.05) is 13.0 Å². The molecule has 0 radical (unpaired) electrons. The Morgan fingerprint density at radius 3 is 2.64 bits per heavy atom. The van der Waals surface area contributed by atoms with Crippen molar-refractivity contribution in [1.82, 2.24) is 0 Å². The number of fused-ring (bicyclic) bond motifs is 1. The highest BCUT2D eigenvalue weighted by Crippen LogP contribution is 2.36. The van der Waals surface area contributed by atoms with Gasteiger partial charge < -0.3 is 9.47 Å². The van der Waals surface area contributed by atoms with E-state index in [4.69, 9.17) is 25.3 Å². The minimum atomic E-state index is -3.80. The summed E-state index contributed by atoms with van der Waals surface area (Å²) in [6.07, 6.45) is 1.04. The second-order valence-corrected chi connectivity index (χ2v) is 7.95. The molecule has 1 heterocycles. The number of benzene rings is 2. The number of aryl methyl sites for hydroxylation is 2. The zero-order chi connectivity index (χ0) is 18.0. The number of rotatable bonds is 5. The van der Waals surface area contributed by atoms with E-state index in [-0.39, 0.29) is 17.6 Å². The van der Waals surface area contributed by atoms with E-state index in [1.165, 1.54) is 19.2 Å². The third kappa shape index (κ3) is 4.08. The molecule has 1 atom stereocenters. The van der Waals surface area contributed by atoms with Gasteiger partial charge in [-0.1, -0.05) is 29.3 Å². The zero-order valence-electron chi connectivity index (χ0n) is 14.0. The van der Waals surface area contributed by atoms with Gasteiger partial charge in [-0.3, -0.25) is 4.18 Å². The van der Waals surface area contributed by atoms with Crippen LogP contribution < -0.4 is 9.47 Å². The topological polar surface area (TPSA) is 61.8 Å². The van der Waals surface area contributed by atoms with Gasteiger partial charge in [-0.05, 0) is 43.5 Å². The first kappa shape index (κ1) is 18.0. The molecule has 2 aromatic carbocycles. The van der Waals surface area contributed by atoms with Gasteiger partial charge in [0.2, 0.25) is 0 Å². The molecule has 2 aromatic rings. The second kappa shape index (κ2) is 7.23. The van der Waals surface area contributed by atoms with Crippen LogP contribution in [0.25, 0.3) is 0 Å². The Morgan fingerprint density at radius 1 is 1.24 bits per heavy atom. The Hall–Kier alpha value is -1.76. The van der Waals surface area contributed by atoms with Crippen LogP contribution in [0.5, 0.6) is 11.5 Å². The molecule has 0 aromatic heterocycles. The molecule has 0 bridgehead atoms. The van der Waals surface area contributed by atoms with Crippen molar-refractivity contribution in [2.24, 2.45) is 0 Å². The molecule has 0 N–H and O–H groups in total. The minimum absolute atomic E-state index is 0.0411. The Balaban J connectivity index is 1.68. The highest BCUT2D eigenvalue weighted by atomic mass is 35.5. The van der Waals surface area contributed by atoms with Crippen LogP contribution in [0.15, 0.2) is 41.3 Å². The van der Waals surface area contributed by atoms with E-state index in [9.17, 15) is 8.42 Å². The lowest BCUT2D eigenvalue weighted by Gasteiger charge is -2.26. The van der Waals surface area contributed by atoms with E-state index in [0.717, 1.165) is 17.5 Å². The minimum Gasteiger partial charge on any atom is -0.495 e. The quantitative estimate of drug-likeness (QED) is 0.737. The zero-order valence-corrected chi connectivity index (χ0v) is 15.6. The summed E-state index contributed by atoms with van der Waals surface area (Å²) in [5, 5.41) is 0.529. The van der Waals surface area contributed by atoms with E-state index in [1.54, 1.807) is 18.2 Å². The molecule has 25 heavy (non-hydrogen) atoms. The fourth-order valence-electron chi connectivity index (χ4n) is 2.65. The molecule has 3 rings (SSSR count). The smallest absolute Gasteiger partial charge is 0.297 e. The summed E-state index contributed by atoms with van der Waals surface area (Å²) in [5.74, 6) is 1.17. The van der Waals surface area contributed by atoms with Crippen LogP contribution in [-0.2, 0) is 20.7 Å². The maximum absolute atomic E-state index is 12.3. The predicted octanol–water partition coefficient (Wildman–Crippen LogP) is 3.76. The summed E-state index contributed by atoms with van der Waals surface area (Å²) < 4.78 is 40.7. The van der Waals surface area contributed by atoms with E-state index >= 15 is 0 Å². The van der Waals surface area contributed by atoms with Crippen LogP contribution in [0.1, 0.15) is 17.5 Å². The first-order valence-corrected chi connectivity index (χ1v) is 9.67. The van der Waals surface area contributed by atoms with E-state index in [2.05, 4.69) is 0 Å². The fourth-order valence-corrected chi connectivity index (χ4v) is 3.85. The number of methoxy groups -OCH3 is 1. The molecule has 1 unspecified atom stereocenters. The van der Waals surface area contributed by atoms with Crippen molar-refractivity contribution in [3.8, 4) is 11.5 Å². The maximum atomic E-state index is 12.3. The van der Waals surface area contributed by atoms with E-state index in [0.29, 0.717) is 22.9 Å². The fraction of sp³-hybridized carbons (Fsp3) is 0.333. The normalized spacial score (nSPS) is 16.8. The van der Waals surface area contributed by atoms with Gasteiger partial charge in [-0.25, -0.2) is 0 Å². The summed E-state index contributed by atoms with van der Waals surface area (Å²) in [6, 6.07) is 10.1. The monoisotopic (exact) mass is 382 g/mol. The average Bonchev–Trinajstić information content (AvgIpc) is 2.60. The SMILES string of the molecule is COc1cc2c(cc1Cl)CCC(COS(=O)(=O)c1ccc(C)cc1)O2. The Morgan fingerprint density at radius 2 is 1.96 bits per heavy atom. The molecule has 5 nitrogen and oxygen atoms in total. The summed E-state index contributed by atoms with van der Waals surface area (Å²) in [5.41, 5.74) is 1.96. The summed E-state index contributed by atoms with van der Waals surface area (Å²) in [7, 11) is -2.27. The van der Waals surface area contributed by atoms with Crippen molar-refractivity contribution in [3.63, 3.8) is 0 Å². The largest absolute Gasteiger partial charge is 0.495 e. The van der Waals surface area contributed by atoms with Gasteiger partial charge in [0.25, 0.3) is 10.1 Å². The molecule has 0 spiro atoms. The van der Waals surface area contributed by atoms with Crippen LogP contribution in [0, 0.1) is 6.92 Å². The third-order valence-corrected chi connectivity index (χ3v) is 5.67. The highest BCUT2D eigenvalue weighted by Gasteiger charge is 2.25. The lowest BCUT2D eigenvalue weighted by Crippen LogP contribution is -2.29.